The number of hydrogen-bond donors (Lipinski definition) is 4. The molecule has 226 valence electrons. The smallest absolute Gasteiger partial charge is 0.459 e. The van der Waals surface area contributed by atoms with Crippen molar-refractivity contribution in [2.45, 2.75) is 62.9 Å². The zero-order valence-corrected chi connectivity index (χ0v) is 23.9. The van der Waals surface area contributed by atoms with Crippen molar-refractivity contribution in [3.05, 3.63) is 49.3 Å². The largest absolute Gasteiger partial charge is 0.465 e. The number of carbonyl (C=O) groups excluding carboxylic acids is 1. The third-order valence-corrected chi connectivity index (χ3v) is 8.42. The van der Waals surface area contributed by atoms with Crippen molar-refractivity contribution in [1.82, 2.24) is 24.6 Å². The molecule has 3 aromatic rings. The Hall–Kier alpha value is -3.62. The fourth-order valence-corrected chi connectivity index (χ4v) is 5.97. The molecule has 1 aliphatic carbocycles. The van der Waals surface area contributed by atoms with E-state index in [9.17, 15) is 14.5 Å². The summed E-state index contributed by atoms with van der Waals surface area (Å²) in [4.78, 5) is 25.0. The van der Waals surface area contributed by atoms with Crippen LogP contribution >= 0.6 is 7.75 Å². The van der Waals surface area contributed by atoms with Crippen LogP contribution in [0.4, 0.5) is 16.2 Å². The van der Waals surface area contributed by atoms with Crippen LogP contribution in [0, 0.1) is 0 Å². The van der Waals surface area contributed by atoms with Crippen LogP contribution in [-0.4, -0.2) is 73.8 Å². The minimum Gasteiger partial charge on any atom is -0.465 e. The van der Waals surface area contributed by atoms with E-state index in [1.165, 1.54) is 30.0 Å². The number of hydrogen-bond acceptors (Lipinski definition) is 12. The summed E-state index contributed by atoms with van der Waals surface area (Å²) < 4.78 is 53.6. The molecule has 2 aromatic heterocycles. The van der Waals surface area contributed by atoms with Crippen LogP contribution in [0.25, 0.3) is 11.2 Å². The molecular formula is C26H33FN7O7P. The van der Waals surface area contributed by atoms with Gasteiger partial charge in [-0.15, -0.1) is 0 Å². The zero-order valence-electron chi connectivity index (χ0n) is 23.1. The molecule has 1 saturated carbocycles. The fraction of sp³-hybridized carbons (Fsp3) is 0.462. The second-order valence-electron chi connectivity index (χ2n) is 9.98. The average molecular weight is 606 g/mol. The van der Waals surface area contributed by atoms with E-state index < -0.39 is 50.5 Å². The van der Waals surface area contributed by atoms with Gasteiger partial charge >= 0.3 is 13.7 Å². The number of para-hydroxylation sites is 1. The van der Waals surface area contributed by atoms with Gasteiger partial charge in [-0.2, -0.15) is 15.1 Å². The lowest BCUT2D eigenvalue weighted by molar-refractivity contribution is -0.144. The van der Waals surface area contributed by atoms with Gasteiger partial charge in [0.05, 0.1) is 19.5 Å². The maximum atomic E-state index is 16.4. The Morgan fingerprint density at radius 1 is 1.38 bits per heavy atom. The van der Waals surface area contributed by atoms with Gasteiger partial charge in [0.15, 0.2) is 23.2 Å². The van der Waals surface area contributed by atoms with Crippen LogP contribution in [-0.2, 0) is 23.4 Å². The maximum Gasteiger partial charge on any atom is 0.459 e. The number of aliphatic hydroxyl groups excluding tert-OH is 1. The highest BCUT2D eigenvalue weighted by molar-refractivity contribution is 7.52. The molecule has 14 nitrogen and oxygen atoms in total. The van der Waals surface area contributed by atoms with Crippen LogP contribution in [0.3, 0.4) is 0 Å². The number of nitrogens with one attached hydrogen (secondary N) is 2. The molecule has 16 heteroatoms. The number of esters is 1. The number of aliphatic hydroxyl groups is 1. The van der Waals surface area contributed by atoms with Crippen LogP contribution in [0.5, 0.6) is 5.75 Å². The zero-order chi connectivity index (χ0) is 30.1. The van der Waals surface area contributed by atoms with Gasteiger partial charge in [-0.3, -0.25) is 13.9 Å². The van der Waals surface area contributed by atoms with E-state index in [2.05, 4.69) is 31.9 Å². The van der Waals surface area contributed by atoms with E-state index >= 15 is 4.39 Å². The maximum absolute atomic E-state index is 16.4. The number of alkyl halides is 1. The molecule has 0 amide bonds. The number of fused-ring (bicyclic) bond motifs is 1. The van der Waals surface area contributed by atoms with Crippen LogP contribution < -0.4 is 20.7 Å². The van der Waals surface area contributed by atoms with E-state index in [1.807, 2.05) is 0 Å². The molecule has 1 aromatic carbocycles. The molecule has 5 rings (SSSR count). The third kappa shape index (κ3) is 6.10. The second kappa shape index (κ2) is 11.9. The Morgan fingerprint density at radius 2 is 2.12 bits per heavy atom. The number of nitrogens with zero attached hydrogens (tertiary/aromatic N) is 4. The SMILES string of the molecule is C=C[C@@]1(F)[C@H](O)[C@@H](COP(=O)(N[C@H](C)C(=O)OCC)Oc2ccccc2)O[C@H]1n1cnc2c(NC3CC3)nc(N)nc21. The second-order valence-corrected chi connectivity index (χ2v) is 11.7. The highest BCUT2D eigenvalue weighted by Gasteiger charge is 2.57. The monoisotopic (exact) mass is 605 g/mol. The summed E-state index contributed by atoms with van der Waals surface area (Å²) >= 11 is 0. The van der Waals surface area contributed by atoms with E-state index in [-0.39, 0.29) is 30.0 Å². The fourth-order valence-electron chi connectivity index (χ4n) is 4.47. The van der Waals surface area contributed by atoms with Crippen molar-refractivity contribution in [3.8, 4) is 5.75 Å². The number of anilines is 2. The van der Waals surface area contributed by atoms with Gasteiger partial charge in [0.1, 0.15) is 24.0 Å². The Labute approximate surface area is 241 Å². The first-order chi connectivity index (χ1) is 20.1. The first-order valence-corrected chi connectivity index (χ1v) is 15.0. The summed E-state index contributed by atoms with van der Waals surface area (Å²) in [6.07, 6.45) is -0.487. The van der Waals surface area contributed by atoms with Gasteiger partial charge in [-0.25, -0.2) is 13.9 Å². The molecule has 2 aliphatic rings. The van der Waals surface area contributed by atoms with Gasteiger partial charge < -0.3 is 30.2 Å². The molecule has 1 aliphatic heterocycles. The van der Waals surface area contributed by atoms with Crippen LogP contribution in [0.15, 0.2) is 49.3 Å². The Bertz CT molecular complexity index is 1490. The summed E-state index contributed by atoms with van der Waals surface area (Å²) in [5, 5.41) is 16.8. The number of nitrogen functional groups attached to an aromatic ring is 1. The first kappa shape index (κ1) is 29.9. The third-order valence-electron chi connectivity index (χ3n) is 6.78. The van der Waals surface area contributed by atoms with Crippen molar-refractivity contribution in [2.24, 2.45) is 0 Å². The van der Waals surface area contributed by atoms with E-state index in [0.717, 1.165) is 18.9 Å². The van der Waals surface area contributed by atoms with E-state index in [1.54, 1.807) is 25.1 Å². The number of carbonyl (C=O) groups is 1. The number of halogens is 1. The topological polar surface area (TPSA) is 185 Å². The van der Waals surface area contributed by atoms with Crippen LogP contribution in [0.1, 0.15) is 32.9 Å². The Kier molecular flexibility index (Phi) is 8.49. The number of ether oxygens (including phenoxy) is 2. The average Bonchev–Trinajstić information content (AvgIpc) is 3.62. The molecule has 0 bridgehead atoms. The van der Waals surface area contributed by atoms with E-state index in [4.69, 9.17) is 24.3 Å². The lowest BCUT2D eigenvalue weighted by Crippen LogP contribution is -2.42. The minimum absolute atomic E-state index is 0.0605. The summed E-state index contributed by atoms with van der Waals surface area (Å²) in [5.74, 6) is -0.164. The van der Waals surface area contributed by atoms with Gasteiger partial charge in [0.2, 0.25) is 11.6 Å². The molecule has 0 spiro atoms. The summed E-state index contributed by atoms with van der Waals surface area (Å²) in [7, 11) is -4.30. The highest BCUT2D eigenvalue weighted by Crippen LogP contribution is 2.48. The highest BCUT2D eigenvalue weighted by atomic mass is 31.2. The molecule has 3 heterocycles. The summed E-state index contributed by atoms with van der Waals surface area (Å²) in [6.45, 7) is 6.13. The Morgan fingerprint density at radius 3 is 2.79 bits per heavy atom. The van der Waals surface area contributed by atoms with Crippen molar-refractivity contribution in [3.63, 3.8) is 0 Å². The molecular weight excluding hydrogens is 572 g/mol. The first-order valence-electron chi connectivity index (χ1n) is 13.4. The quantitative estimate of drug-likeness (QED) is 0.127. The van der Waals surface area contributed by atoms with Crippen molar-refractivity contribution in [2.75, 3.05) is 24.3 Å². The predicted molar refractivity (Wildman–Crippen MR) is 150 cm³/mol. The normalized spacial score (nSPS) is 26.0. The molecule has 1 saturated heterocycles. The Balaban J connectivity index is 1.39. The van der Waals surface area contributed by atoms with Crippen molar-refractivity contribution >= 4 is 36.6 Å². The van der Waals surface area contributed by atoms with Gasteiger partial charge in [-0.1, -0.05) is 24.8 Å². The summed E-state index contributed by atoms with van der Waals surface area (Å²) in [6, 6.07) is 7.27. The molecule has 42 heavy (non-hydrogen) atoms. The van der Waals surface area contributed by atoms with Gasteiger partial charge in [0, 0.05) is 6.04 Å². The molecule has 0 radical (unpaired) electrons. The van der Waals surface area contributed by atoms with Crippen molar-refractivity contribution in [1.29, 1.82) is 0 Å². The van der Waals surface area contributed by atoms with E-state index in [0.29, 0.717) is 11.3 Å². The van der Waals surface area contributed by atoms with Gasteiger partial charge in [0.25, 0.3) is 0 Å². The number of benzene rings is 1. The summed E-state index contributed by atoms with van der Waals surface area (Å²) in [5.41, 5.74) is 3.91. The van der Waals surface area contributed by atoms with Crippen LogP contribution in [0.2, 0.25) is 0 Å². The number of aromatic nitrogens is 4. The lowest BCUT2D eigenvalue weighted by Gasteiger charge is -2.26. The number of rotatable bonds is 13. The lowest BCUT2D eigenvalue weighted by atomic mass is 9.96. The molecule has 2 fully saturated rings. The number of nitrogens with two attached hydrogens (primary N) is 1. The van der Waals surface area contributed by atoms with Crippen molar-refractivity contribution < 1.29 is 37.4 Å². The standard InChI is InChI=1S/C26H33FN7O7P/c1-4-26(27)20(35)18(13-39-42(37,33-15(3)23(36)38-5-2)41-17-9-7-6-8-10-17)40-24(26)34-14-29-19-21(30-16-11-12-16)31-25(28)32-22(19)34/h4,6-10,14-16,18,20,24,35H,1,5,11-13H2,2-3H3,(H,33,37)(H3,28,30,31,32)/t15-,18-,20-,24-,26-,42?/m1/s1. The number of imidazole rings is 1. The molecule has 6 atom stereocenters. The molecule has 1 unspecified atom stereocenters. The predicted octanol–water partition coefficient (Wildman–Crippen LogP) is 2.88. The van der Waals surface area contributed by atoms with Gasteiger partial charge in [-0.05, 0) is 44.9 Å². The minimum atomic E-state index is -4.30. The molecule has 5 N–H and O–H groups in total.